The van der Waals surface area contributed by atoms with Crippen molar-refractivity contribution in [3.8, 4) is 0 Å². The molecule has 2 amide bonds. The minimum Gasteiger partial charge on any atom is -0.481 e. The quantitative estimate of drug-likeness (QED) is 0.295. The molecule has 0 aromatic rings. The van der Waals surface area contributed by atoms with Gasteiger partial charge in [0, 0.05) is 26.9 Å². The Kier molecular flexibility index (Phi) is 9.99. The highest BCUT2D eigenvalue weighted by Crippen LogP contribution is 2.08. The molecular weight excluding hydrogens is 356 g/mol. The van der Waals surface area contributed by atoms with Crippen LogP contribution in [0.15, 0.2) is 0 Å². The minimum absolute atomic E-state index is 0.320. The Labute approximate surface area is 147 Å². The molecular formula is C14H20N2O10. The first-order valence-electron chi connectivity index (χ1n) is 7.38. The molecule has 0 aromatic carbocycles. The Hall–Kier alpha value is -3.18. The second kappa shape index (κ2) is 11.4. The minimum atomic E-state index is -1.88. The number of carboxylic acids is 2. The highest BCUT2D eigenvalue weighted by atomic mass is 16.6. The average molecular weight is 376 g/mol. The van der Waals surface area contributed by atoms with Crippen molar-refractivity contribution in [3.63, 3.8) is 0 Å². The lowest BCUT2D eigenvalue weighted by Gasteiger charge is -2.24. The van der Waals surface area contributed by atoms with E-state index in [2.05, 4.69) is 10.6 Å². The number of carbonyl (C=O) groups excluding carboxylic acids is 4. The Balaban J connectivity index is 5.24. The third-order valence-corrected chi connectivity index (χ3v) is 2.65. The molecule has 0 bridgehead atoms. The van der Waals surface area contributed by atoms with E-state index in [1.807, 2.05) is 0 Å². The van der Waals surface area contributed by atoms with Crippen LogP contribution in [0.5, 0.6) is 0 Å². The van der Waals surface area contributed by atoms with Crippen LogP contribution in [0.4, 0.5) is 0 Å². The molecule has 2 atom stereocenters. The molecule has 146 valence electrons. The number of esters is 2. The van der Waals surface area contributed by atoms with E-state index in [9.17, 15) is 28.8 Å². The smallest absolute Gasteiger partial charge is 0.305 e. The van der Waals surface area contributed by atoms with Crippen molar-refractivity contribution in [1.82, 2.24) is 10.6 Å². The largest absolute Gasteiger partial charge is 0.481 e. The molecule has 0 unspecified atom stereocenters. The van der Waals surface area contributed by atoms with Crippen molar-refractivity contribution in [2.24, 2.45) is 0 Å². The van der Waals surface area contributed by atoms with E-state index in [1.54, 1.807) is 0 Å². The summed E-state index contributed by atoms with van der Waals surface area (Å²) in [6.07, 6.45) is -4.62. The van der Waals surface area contributed by atoms with Crippen LogP contribution in [-0.4, -0.2) is 71.2 Å². The highest BCUT2D eigenvalue weighted by Gasteiger charge is 2.39. The Morgan fingerprint density at radius 3 is 1.27 bits per heavy atom. The fraction of sp³-hybridized carbons (Fsp3) is 0.571. The summed E-state index contributed by atoms with van der Waals surface area (Å²) in [5.41, 5.74) is 0. The maximum absolute atomic E-state index is 12.1. The molecule has 0 saturated heterocycles. The Bertz CT molecular complexity index is 524. The van der Waals surface area contributed by atoms with E-state index in [0.717, 1.165) is 13.8 Å². The summed E-state index contributed by atoms with van der Waals surface area (Å²) in [5, 5.41) is 21.4. The second-order valence-corrected chi connectivity index (χ2v) is 4.93. The molecule has 12 nitrogen and oxygen atoms in total. The predicted octanol–water partition coefficient (Wildman–Crippen LogP) is -1.97. The van der Waals surface area contributed by atoms with E-state index in [-0.39, 0.29) is 13.1 Å². The van der Waals surface area contributed by atoms with Crippen LogP contribution >= 0.6 is 0 Å². The molecule has 0 saturated carbocycles. The van der Waals surface area contributed by atoms with Gasteiger partial charge < -0.3 is 30.3 Å². The van der Waals surface area contributed by atoms with Crippen molar-refractivity contribution in [2.75, 3.05) is 13.1 Å². The first-order chi connectivity index (χ1) is 12.0. The SMILES string of the molecule is CC(=O)O[C@@H](C(=O)NCCC(=O)O)[C@@H](OC(C)=O)C(=O)NCCC(=O)O. The molecule has 0 aliphatic heterocycles. The Morgan fingerprint density at radius 2 is 1.04 bits per heavy atom. The van der Waals surface area contributed by atoms with Crippen LogP contribution in [0.1, 0.15) is 26.7 Å². The van der Waals surface area contributed by atoms with Gasteiger partial charge in [0.2, 0.25) is 12.2 Å². The molecule has 0 radical (unpaired) electrons. The van der Waals surface area contributed by atoms with Gasteiger partial charge in [-0.2, -0.15) is 0 Å². The number of hydrogen-bond donors (Lipinski definition) is 4. The topological polar surface area (TPSA) is 185 Å². The standard InChI is InChI=1S/C14H20N2O10/c1-7(17)25-11(13(23)15-5-3-9(19)20)12(26-8(2)18)14(24)16-6-4-10(21)22/h11-12H,3-6H2,1-2H3,(H,15,23)(H,16,24)(H,19,20)(H,21,22)/t11-,12-/m1/s1. The fourth-order valence-corrected chi connectivity index (χ4v) is 1.65. The van der Waals surface area contributed by atoms with Crippen LogP contribution in [0.2, 0.25) is 0 Å². The van der Waals surface area contributed by atoms with Crippen molar-refractivity contribution < 1.29 is 48.5 Å². The van der Waals surface area contributed by atoms with Gasteiger partial charge in [-0.1, -0.05) is 0 Å². The molecule has 0 heterocycles. The van der Waals surface area contributed by atoms with Crippen molar-refractivity contribution in [3.05, 3.63) is 0 Å². The lowest BCUT2D eigenvalue weighted by Crippen LogP contribution is -2.53. The number of carbonyl (C=O) groups is 6. The fourth-order valence-electron chi connectivity index (χ4n) is 1.65. The summed E-state index contributed by atoms with van der Waals surface area (Å²) in [7, 11) is 0. The zero-order valence-electron chi connectivity index (χ0n) is 14.1. The van der Waals surface area contributed by atoms with Gasteiger partial charge in [0.15, 0.2) is 0 Å². The second-order valence-electron chi connectivity index (χ2n) is 4.93. The predicted molar refractivity (Wildman–Crippen MR) is 81.6 cm³/mol. The molecule has 0 fully saturated rings. The van der Waals surface area contributed by atoms with Crippen LogP contribution in [0, 0.1) is 0 Å². The summed E-state index contributed by atoms with van der Waals surface area (Å²) < 4.78 is 9.46. The number of nitrogens with one attached hydrogen (secondary N) is 2. The molecule has 0 spiro atoms. The summed E-state index contributed by atoms with van der Waals surface area (Å²) in [4.78, 5) is 67.6. The van der Waals surface area contributed by atoms with E-state index in [0.29, 0.717) is 0 Å². The van der Waals surface area contributed by atoms with Crippen molar-refractivity contribution in [1.29, 1.82) is 0 Å². The first kappa shape index (κ1) is 22.8. The molecule has 12 heteroatoms. The molecule has 0 aliphatic rings. The summed E-state index contributed by atoms with van der Waals surface area (Å²) in [6, 6.07) is 0. The van der Waals surface area contributed by atoms with Crippen LogP contribution in [0.25, 0.3) is 0 Å². The molecule has 0 aromatic heterocycles. The number of amides is 2. The van der Waals surface area contributed by atoms with Gasteiger partial charge in [0.25, 0.3) is 11.8 Å². The molecule has 26 heavy (non-hydrogen) atoms. The van der Waals surface area contributed by atoms with E-state index in [4.69, 9.17) is 19.7 Å². The van der Waals surface area contributed by atoms with Crippen LogP contribution in [-0.2, 0) is 38.2 Å². The van der Waals surface area contributed by atoms with Gasteiger partial charge >= 0.3 is 23.9 Å². The monoisotopic (exact) mass is 376 g/mol. The third kappa shape index (κ3) is 9.85. The first-order valence-corrected chi connectivity index (χ1v) is 7.38. The Morgan fingerprint density at radius 1 is 0.731 bits per heavy atom. The number of aliphatic carboxylic acids is 2. The summed E-state index contributed by atoms with van der Waals surface area (Å²) in [6.45, 7) is 1.26. The van der Waals surface area contributed by atoms with Crippen LogP contribution in [0.3, 0.4) is 0 Å². The zero-order chi connectivity index (χ0) is 20.3. The van der Waals surface area contributed by atoms with E-state index >= 15 is 0 Å². The zero-order valence-corrected chi connectivity index (χ0v) is 14.1. The van der Waals surface area contributed by atoms with Gasteiger partial charge in [0.05, 0.1) is 12.8 Å². The average Bonchev–Trinajstić information content (AvgIpc) is 2.49. The highest BCUT2D eigenvalue weighted by molar-refractivity contribution is 5.93. The summed E-state index contributed by atoms with van der Waals surface area (Å²) in [5.74, 6) is -6.42. The number of ether oxygens (including phenoxy) is 2. The number of rotatable bonds is 11. The maximum Gasteiger partial charge on any atom is 0.305 e. The normalized spacial score (nSPS) is 12.2. The third-order valence-electron chi connectivity index (χ3n) is 2.65. The number of carboxylic acid groups (broad SMARTS) is 2. The van der Waals surface area contributed by atoms with Gasteiger partial charge in [-0.25, -0.2) is 0 Å². The lowest BCUT2D eigenvalue weighted by atomic mass is 10.1. The summed E-state index contributed by atoms with van der Waals surface area (Å²) >= 11 is 0. The molecule has 0 rings (SSSR count). The van der Waals surface area contributed by atoms with Gasteiger partial charge in [0.1, 0.15) is 0 Å². The van der Waals surface area contributed by atoms with Gasteiger partial charge in [-0.15, -0.1) is 0 Å². The lowest BCUT2D eigenvalue weighted by molar-refractivity contribution is -0.174. The van der Waals surface area contributed by atoms with Crippen molar-refractivity contribution in [2.45, 2.75) is 38.9 Å². The number of hydrogen-bond acceptors (Lipinski definition) is 8. The van der Waals surface area contributed by atoms with E-state index < -0.39 is 60.7 Å². The van der Waals surface area contributed by atoms with Crippen LogP contribution < -0.4 is 10.6 Å². The molecule has 4 N–H and O–H groups in total. The van der Waals surface area contributed by atoms with Crippen molar-refractivity contribution >= 4 is 35.7 Å². The van der Waals surface area contributed by atoms with Gasteiger partial charge in [-0.05, 0) is 0 Å². The van der Waals surface area contributed by atoms with Gasteiger partial charge in [-0.3, -0.25) is 28.8 Å². The van der Waals surface area contributed by atoms with E-state index in [1.165, 1.54) is 0 Å². The molecule has 0 aliphatic carbocycles. The maximum atomic E-state index is 12.1.